The maximum Gasteiger partial charge on any atom is 0.328 e. The minimum atomic E-state index is -0.995. The van der Waals surface area contributed by atoms with Gasteiger partial charge in [-0.05, 0) is 31.4 Å². The van der Waals surface area contributed by atoms with Gasteiger partial charge in [-0.2, -0.15) is 5.26 Å². The molecule has 0 aromatic heterocycles. The van der Waals surface area contributed by atoms with Crippen LogP contribution in [0.2, 0.25) is 0 Å². The largest absolute Gasteiger partial charge is 0.467 e. The number of amides is 1. The quantitative estimate of drug-likeness (QED) is 0.765. The van der Waals surface area contributed by atoms with Crippen molar-refractivity contribution >= 4 is 11.9 Å². The summed E-state index contributed by atoms with van der Waals surface area (Å²) in [5.74, 6) is -1.27. The molecule has 5 nitrogen and oxygen atoms in total. The molecule has 27 heavy (non-hydrogen) atoms. The van der Waals surface area contributed by atoms with Gasteiger partial charge in [0.2, 0.25) is 5.91 Å². The van der Waals surface area contributed by atoms with Crippen LogP contribution < -0.4 is 5.32 Å². The number of hydrogen-bond acceptors (Lipinski definition) is 4. The summed E-state index contributed by atoms with van der Waals surface area (Å²) < 4.78 is 4.82. The summed E-state index contributed by atoms with van der Waals surface area (Å²) in [6.07, 6.45) is 0.189. The van der Waals surface area contributed by atoms with Crippen molar-refractivity contribution in [3.8, 4) is 6.07 Å². The summed E-state index contributed by atoms with van der Waals surface area (Å²) in [4.78, 5) is 25.5. The average molecular weight is 364 g/mol. The lowest BCUT2D eigenvalue weighted by Crippen LogP contribution is -2.50. The molecule has 2 rings (SSSR count). The number of nitriles is 1. The van der Waals surface area contributed by atoms with E-state index >= 15 is 0 Å². The zero-order valence-corrected chi connectivity index (χ0v) is 15.8. The first-order valence-electron chi connectivity index (χ1n) is 8.83. The van der Waals surface area contributed by atoms with Gasteiger partial charge in [0.15, 0.2) is 0 Å². The molecular weight excluding hydrogens is 340 g/mol. The van der Waals surface area contributed by atoms with E-state index in [-0.39, 0.29) is 12.3 Å². The van der Waals surface area contributed by atoms with Crippen LogP contribution in [0.3, 0.4) is 0 Å². The highest BCUT2D eigenvalue weighted by molar-refractivity contribution is 5.94. The van der Waals surface area contributed by atoms with E-state index in [9.17, 15) is 9.59 Å². The van der Waals surface area contributed by atoms with Crippen molar-refractivity contribution in [1.82, 2.24) is 5.32 Å². The van der Waals surface area contributed by atoms with E-state index < -0.39 is 23.3 Å². The summed E-state index contributed by atoms with van der Waals surface area (Å²) in [6, 6.07) is 20.0. The molecule has 2 aromatic carbocycles. The monoisotopic (exact) mass is 364 g/mol. The predicted molar refractivity (Wildman–Crippen MR) is 103 cm³/mol. The summed E-state index contributed by atoms with van der Waals surface area (Å²) in [6.45, 7) is 3.53. The molecule has 1 N–H and O–H groups in total. The van der Waals surface area contributed by atoms with Crippen molar-refractivity contribution in [3.05, 3.63) is 71.8 Å². The molecule has 0 unspecified atom stereocenters. The third-order valence-electron chi connectivity index (χ3n) is 4.76. The lowest BCUT2D eigenvalue weighted by molar-refractivity contribution is -0.146. The number of methoxy groups -OCH3 is 1. The van der Waals surface area contributed by atoms with Gasteiger partial charge in [0.25, 0.3) is 0 Å². The van der Waals surface area contributed by atoms with E-state index in [4.69, 9.17) is 10.00 Å². The Bertz CT molecular complexity index is 773. The van der Waals surface area contributed by atoms with Crippen LogP contribution >= 0.6 is 0 Å². The Morgan fingerprint density at radius 2 is 1.56 bits per heavy atom. The van der Waals surface area contributed by atoms with Gasteiger partial charge < -0.3 is 10.1 Å². The summed E-state index contributed by atoms with van der Waals surface area (Å²) in [5, 5.41) is 11.9. The normalized spacial score (nSPS) is 13.1. The molecule has 0 heterocycles. The van der Waals surface area contributed by atoms with Crippen LogP contribution in [-0.2, 0) is 19.7 Å². The van der Waals surface area contributed by atoms with E-state index in [1.807, 2.05) is 67.6 Å². The maximum absolute atomic E-state index is 13.4. The molecule has 2 atom stereocenters. The van der Waals surface area contributed by atoms with Crippen LogP contribution in [0, 0.1) is 17.2 Å². The van der Waals surface area contributed by atoms with Gasteiger partial charge in [-0.3, -0.25) is 4.79 Å². The van der Waals surface area contributed by atoms with Gasteiger partial charge >= 0.3 is 5.97 Å². The number of nitrogens with one attached hydrogen (secondary N) is 1. The van der Waals surface area contributed by atoms with Crippen molar-refractivity contribution < 1.29 is 14.3 Å². The van der Waals surface area contributed by atoms with E-state index in [0.717, 1.165) is 11.1 Å². The van der Waals surface area contributed by atoms with Gasteiger partial charge in [0.1, 0.15) is 6.04 Å². The second kappa shape index (κ2) is 9.00. The zero-order valence-electron chi connectivity index (χ0n) is 15.8. The molecule has 2 aromatic rings. The number of nitrogens with zero attached hydrogens (tertiary/aromatic N) is 1. The Balaban J connectivity index is 2.42. The molecule has 140 valence electrons. The predicted octanol–water partition coefficient (Wildman–Crippen LogP) is 3.20. The zero-order chi connectivity index (χ0) is 19.9. The number of benzene rings is 2. The Morgan fingerprint density at radius 1 is 1.07 bits per heavy atom. The number of ether oxygens (including phenoxy) is 1. The molecule has 5 heteroatoms. The third-order valence-corrected chi connectivity index (χ3v) is 4.76. The highest BCUT2D eigenvalue weighted by Gasteiger charge is 2.39. The lowest BCUT2D eigenvalue weighted by Gasteiger charge is -2.31. The minimum absolute atomic E-state index is 0.189. The fourth-order valence-electron chi connectivity index (χ4n) is 3.04. The molecule has 1 amide bonds. The van der Waals surface area contributed by atoms with Gasteiger partial charge in [-0.1, -0.05) is 60.7 Å². The van der Waals surface area contributed by atoms with Crippen molar-refractivity contribution in [2.75, 3.05) is 7.11 Å². The van der Waals surface area contributed by atoms with Gasteiger partial charge in [-0.25, -0.2) is 4.79 Å². The number of rotatable bonds is 7. The summed E-state index contributed by atoms with van der Waals surface area (Å²) in [7, 11) is 1.27. The van der Waals surface area contributed by atoms with Crippen LogP contribution in [0.25, 0.3) is 0 Å². The molecule has 0 aliphatic carbocycles. The topological polar surface area (TPSA) is 79.2 Å². The molecule has 0 saturated carbocycles. The lowest BCUT2D eigenvalue weighted by atomic mass is 9.75. The molecule has 0 saturated heterocycles. The van der Waals surface area contributed by atoms with Crippen LogP contribution in [0.1, 0.15) is 31.4 Å². The molecule has 0 spiro atoms. The van der Waals surface area contributed by atoms with Gasteiger partial charge in [0, 0.05) is 5.92 Å². The molecule has 0 radical (unpaired) electrons. The van der Waals surface area contributed by atoms with Crippen molar-refractivity contribution in [2.45, 2.75) is 31.7 Å². The number of carbonyl (C=O) groups excluding carboxylic acids is 2. The number of hydrogen-bond donors (Lipinski definition) is 1. The van der Waals surface area contributed by atoms with Gasteiger partial charge in [0.05, 0.1) is 18.6 Å². The summed E-state index contributed by atoms with van der Waals surface area (Å²) in [5.41, 5.74) is 0.626. The van der Waals surface area contributed by atoms with Crippen LogP contribution in [0.5, 0.6) is 0 Å². The van der Waals surface area contributed by atoms with Crippen LogP contribution in [0.15, 0.2) is 60.7 Å². The first-order valence-corrected chi connectivity index (χ1v) is 8.83. The summed E-state index contributed by atoms with van der Waals surface area (Å²) >= 11 is 0. The fourth-order valence-corrected chi connectivity index (χ4v) is 3.04. The number of carbonyl (C=O) groups is 2. The van der Waals surface area contributed by atoms with Crippen LogP contribution in [0.4, 0.5) is 0 Å². The second-order valence-electron chi connectivity index (χ2n) is 6.67. The van der Waals surface area contributed by atoms with E-state index in [0.29, 0.717) is 0 Å². The SMILES string of the molecule is COC(=O)[C@@H](C[C@H](C)C#N)NC(=O)C(C)(c1ccccc1)c1ccccc1. The van der Waals surface area contributed by atoms with Gasteiger partial charge in [-0.15, -0.1) is 0 Å². The third kappa shape index (κ3) is 4.53. The molecule has 0 aliphatic rings. The molecule has 0 bridgehead atoms. The minimum Gasteiger partial charge on any atom is -0.467 e. The van der Waals surface area contributed by atoms with Crippen molar-refractivity contribution in [2.24, 2.45) is 5.92 Å². The highest BCUT2D eigenvalue weighted by Crippen LogP contribution is 2.32. The second-order valence-corrected chi connectivity index (χ2v) is 6.67. The van der Waals surface area contributed by atoms with E-state index in [2.05, 4.69) is 11.4 Å². The molecule has 0 fully saturated rings. The Kier molecular flexibility index (Phi) is 6.73. The van der Waals surface area contributed by atoms with E-state index in [1.165, 1.54) is 7.11 Å². The average Bonchev–Trinajstić information content (AvgIpc) is 2.72. The van der Waals surface area contributed by atoms with Crippen molar-refractivity contribution in [1.29, 1.82) is 5.26 Å². The molecular formula is C22H24N2O3. The maximum atomic E-state index is 13.4. The fraction of sp³-hybridized carbons (Fsp3) is 0.318. The smallest absolute Gasteiger partial charge is 0.328 e. The first-order chi connectivity index (χ1) is 12.9. The Hall–Kier alpha value is -3.13. The van der Waals surface area contributed by atoms with Crippen LogP contribution in [-0.4, -0.2) is 25.0 Å². The molecule has 0 aliphatic heterocycles. The Labute approximate surface area is 160 Å². The standard InChI is InChI=1S/C22H24N2O3/c1-16(15-23)14-19(20(25)27-3)24-21(26)22(2,17-10-6-4-7-11-17)18-12-8-5-9-13-18/h4-13,16,19H,14H2,1-3H3,(H,24,26)/t16-,19+/m0/s1. The van der Waals surface area contributed by atoms with E-state index in [1.54, 1.807) is 6.92 Å². The van der Waals surface area contributed by atoms with Crippen molar-refractivity contribution in [3.63, 3.8) is 0 Å². The first kappa shape index (κ1) is 20.2. The highest BCUT2D eigenvalue weighted by atomic mass is 16.5. The Morgan fingerprint density at radius 3 is 1.96 bits per heavy atom. The number of esters is 1.